The molecule has 0 radical (unpaired) electrons. The molecule has 0 N–H and O–H groups in total. The topological polar surface area (TPSA) is 45.5 Å². The molecule has 0 saturated heterocycles. The second kappa shape index (κ2) is 12.2. The van der Waals surface area contributed by atoms with Crippen molar-refractivity contribution in [1.82, 2.24) is 9.55 Å². The molecule has 5 nitrogen and oxygen atoms in total. The number of para-hydroxylation sites is 3. The fraction of sp³-hybridized carbons (Fsp3) is 0.182. The highest BCUT2D eigenvalue weighted by atomic mass is 31.2. The third kappa shape index (κ3) is 6.32. The maximum absolute atomic E-state index is 6.31. The van der Waals surface area contributed by atoms with Crippen LogP contribution in [0.4, 0.5) is 0 Å². The monoisotopic (exact) mass is 536 g/mol. The van der Waals surface area contributed by atoms with Crippen LogP contribution in [0, 0.1) is 0 Å². The molecule has 0 bridgehead atoms. The van der Waals surface area contributed by atoms with Crippen molar-refractivity contribution in [3.63, 3.8) is 0 Å². The predicted molar refractivity (Wildman–Crippen MR) is 159 cm³/mol. The summed E-state index contributed by atoms with van der Waals surface area (Å²) in [6, 6.07) is 33.6. The minimum atomic E-state index is -1.77. The van der Waals surface area contributed by atoms with Crippen molar-refractivity contribution in [3.8, 4) is 34.3 Å². The highest BCUT2D eigenvalue weighted by molar-refractivity contribution is 7.43. The summed E-state index contributed by atoms with van der Waals surface area (Å²) in [6.45, 7) is 8.93. The molecule has 0 saturated carbocycles. The molecule has 0 unspecified atom stereocenters. The fourth-order valence-corrected chi connectivity index (χ4v) is 5.44. The zero-order chi connectivity index (χ0) is 27.2. The molecule has 0 spiro atoms. The second-order valence-electron chi connectivity index (χ2n) is 9.87. The Kier molecular flexibility index (Phi) is 8.29. The van der Waals surface area contributed by atoms with Crippen LogP contribution in [0.15, 0.2) is 116 Å². The Labute approximate surface area is 232 Å². The Morgan fingerprint density at radius 3 is 1.69 bits per heavy atom. The molecule has 1 aromatic heterocycles. The lowest BCUT2D eigenvalue weighted by Crippen LogP contribution is -2.08. The lowest BCUT2D eigenvalue weighted by molar-refractivity contribution is 0.388. The number of hydrogen-bond acceptors (Lipinski definition) is 4. The van der Waals surface area contributed by atoms with E-state index in [0.29, 0.717) is 29.1 Å². The highest BCUT2D eigenvalue weighted by Gasteiger charge is 2.22. The lowest BCUT2D eigenvalue weighted by Gasteiger charge is -2.22. The van der Waals surface area contributed by atoms with E-state index in [9.17, 15) is 0 Å². The Morgan fingerprint density at radius 2 is 1.13 bits per heavy atom. The molecule has 5 rings (SSSR count). The molecule has 6 heteroatoms. The smallest absolute Gasteiger partial charge is 0.409 e. The van der Waals surface area contributed by atoms with Crippen LogP contribution in [-0.2, 0) is 0 Å². The molecule has 0 fully saturated rings. The van der Waals surface area contributed by atoms with Gasteiger partial charge in [-0.05, 0) is 59.4 Å². The quantitative estimate of drug-likeness (QED) is 0.167. The van der Waals surface area contributed by atoms with E-state index in [0.717, 1.165) is 11.4 Å². The van der Waals surface area contributed by atoms with E-state index in [4.69, 9.17) is 18.6 Å². The number of nitrogens with zero attached hydrogens (tertiary/aromatic N) is 2. The number of hydrogen-bond donors (Lipinski definition) is 0. The molecule has 1 heterocycles. The molecule has 0 atom stereocenters. The first-order valence-electron chi connectivity index (χ1n) is 13.2. The minimum absolute atomic E-state index is 0.373. The van der Waals surface area contributed by atoms with Gasteiger partial charge in [-0.25, -0.2) is 4.98 Å². The van der Waals surface area contributed by atoms with Crippen LogP contribution in [0.2, 0.25) is 0 Å². The van der Waals surface area contributed by atoms with Gasteiger partial charge >= 0.3 is 8.60 Å². The van der Waals surface area contributed by atoms with Crippen LogP contribution in [0.5, 0.6) is 17.2 Å². The summed E-state index contributed by atoms with van der Waals surface area (Å²) in [4.78, 5) is 4.77. The Hall–Kier alpha value is -4.08. The molecule has 0 amide bonds. The maximum Gasteiger partial charge on any atom is 0.530 e. The SMILES string of the molecule is CC(C)c1cccc(C(C)C)c1-n1ccnc1-c1cccc(OP(Oc2ccccc2)Oc2ccccc2)c1. The molecule has 0 aliphatic rings. The van der Waals surface area contributed by atoms with Crippen molar-refractivity contribution in [1.29, 1.82) is 0 Å². The van der Waals surface area contributed by atoms with Crippen LogP contribution in [0.3, 0.4) is 0 Å². The summed E-state index contributed by atoms with van der Waals surface area (Å²) in [5, 5.41) is 0. The van der Waals surface area contributed by atoms with E-state index in [1.54, 1.807) is 0 Å². The lowest BCUT2D eigenvalue weighted by atomic mass is 9.92. The van der Waals surface area contributed by atoms with Gasteiger partial charge in [0.1, 0.15) is 23.1 Å². The number of aromatic nitrogens is 2. The van der Waals surface area contributed by atoms with E-state index in [1.165, 1.54) is 16.8 Å². The Bertz CT molecular complexity index is 1430. The largest absolute Gasteiger partial charge is 0.530 e. The first-order valence-corrected chi connectivity index (χ1v) is 14.3. The molecule has 0 aliphatic heterocycles. The summed E-state index contributed by atoms with van der Waals surface area (Å²) in [5.74, 6) is 3.60. The van der Waals surface area contributed by atoms with Crippen molar-refractivity contribution >= 4 is 8.60 Å². The summed E-state index contributed by atoms with van der Waals surface area (Å²) in [5.41, 5.74) is 4.73. The van der Waals surface area contributed by atoms with Crippen molar-refractivity contribution < 1.29 is 13.6 Å². The third-order valence-corrected chi connectivity index (χ3v) is 7.42. The number of benzene rings is 4. The van der Waals surface area contributed by atoms with E-state index < -0.39 is 8.60 Å². The van der Waals surface area contributed by atoms with Gasteiger partial charge in [-0.15, -0.1) is 0 Å². The molecule has 198 valence electrons. The minimum Gasteiger partial charge on any atom is -0.409 e. The van der Waals surface area contributed by atoms with Gasteiger partial charge in [0.15, 0.2) is 0 Å². The average molecular weight is 537 g/mol. The fourth-order valence-electron chi connectivity index (χ4n) is 4.46. The van der Waals surface area contributed by atoms with E-state index in [2.05, 4.69) is 56.5 Å². The molecule has 0 aliphatic carbocycles. The van der Waals surface area contributed by atoms with E-state index >= 15 is 0 Å². The molecule has 4 aromatic carbocycles. The average Bonchev–Trinajstić information content (AvgIpc) is 3.43. The Balaban J connectivity index is 1.49. The van der Waals surface area contributed by atoms with Gasteiger partial charge in [-0.3, -0.25) is 4.57 Å². The van der Waals surface area contributed by atoms with Gasteiger partial charge in [0, 0.05) is 18.0 Å². The van der Waals surface area contributed by atoms with Gasteiger partial charge in [-0.2, -0.15) is 0 Å². The normalized spacial score (nSPS) is 11.3. The number of rotatable bonds is 10. The van der Waals surface area contributed by atoms with Crippen molar-refractivity contribution in [2.24, 2.45) is 0 Å². The van der Waals surface area contributed by atoms with E-state index in [-0.39, 0.29) is 0 Å². The highest BCUT2D eigenvalue weighted by Crippen LogP contribution is 2.43. The summed E-state index contributed by atoms with van der Waals surface area (Å²) in [6.07, 6.45) is 3.90. The molecular formula is C33H33N2O3P. The van der Waals surface area contributed by atoms with Crippen molar-refractivity contribution in [2.75, 3.05) is 0 Å². The van der Waals surface area contributed by atoms with Gasteiger partial charge < -0.3 is 13.6 Å². The molecular weight excluding hydrogens is 503 g/mol. The van der Waals surface area contributed by atoms with Crippen LogP contribution >= 0.6 is 8.60 Å². The predicted octanol–water partition coefficient (Wildman–Crippen LogP) is 9.55. The van der Waals surface area contributed by atoms with Gasteiger partial charge in [-0.1, -0.05) is 94.4 Å². The molecule has 39 heavy (non-hydrogen) atoms. The van der Waals surface area contributed by atoms with Crippen LogP contribution in [0.1, 0.15) is 50.7 Å². The van der Waals surface area contributed by atoms with Gasteiger partial charge in [0.05, 0.1) is 5.69 Å². The summed E-state index contributed by atoms with van der Waals surface area (Å²) in [7, 11) is -1.77. The van der Waals surface area contributed by atoms with E-state index in [1.807, 2.05) is 91.3 Å². The third-order valence-electron chi connectivity index (χ3n) is 6.34. The second-order valence-corrected chi connectivity index (χ2v) is 10.9. The molecule has 5 aromatic rings. The van der Waals surface area contributed by atoms with Crippen LogP contribution in [-0.4, -0.2) is 9.55 Å². The standard InChI is InChI=1S/C33H33N2O3P/c1-24(2)30-19-12-20-31(25(3)4)32(30)35-22-21-34-33(35)26-13-11-18-29(23-26)38-39(36-27-14-7-5-8-15-27)37-28-16-9-6-10-17-28/h5-25H,1-4H3. The zero-order valence-corrected chi connectivity index (χ0v) is 23.6. The van der Waals surface area contributed by atoms with Gasteiger partial charge in [0.25, 0.3) is 0 Å². The summed E-state index contributed by atoms with van der Waals surface area (Å²) >= 11 is 0. The van der Waals surface area contributed by atoms with Crippen molar-refractivity contribution in [2.45, 2.75) is 39.5 Å². The first kappa shape index (κ1) is 26.5. The van der Waals surface area contributed by atoms with Gasteiger partial charge in [0.2, 0.25) is 0 Å². The van der Waals surface area contributed by atoms with Crippen LogP contribution in [0.25, 0.3) is 17.1 Å². The van der Waals surface area contributed by atoms with Crippen molar-refractivity contribution in [3.05, 3.63) is 127 Å². The zero-order valence-electron chi connectivity index (χ0n) is 22.7. The van der Waals surface area contributed by atoms with Crippen LogP contribution < -0.4 is 13.6 Å². The number of imidazole rings is 1. The Morgan fingerprint density at radius 1 is 0.615 bits per heavy atom. The summed E-state index contributed by atoms with van der Waals surface area (Å²) < 4.78 is 20.8. The first-order chi connectivity index (χ1) is 19.0. The maximum atomic E-state index is 6.31.